The molecule has 2 heterocycles. The normalized spacial score (nSPS) is 19.9. The summed E-state index contributed by atoms with van der Waals surface area (Å²) in [6.45, 7) is 1.37. The Labute approximate surface area is 400 Å². The number of azo groups is 1. The number of aliphatic hydroxyl groups is 4. The highest BCUT2D eigenvalue weighted by Crippen LogP contribution is 2.32. The number of carbonyl (C=O) groups is 2. The van der Waals surface area contributed by atoms with Crippen molar-refractivity contribution in [1.29, 1.82) is 0 Å². The van der Waals surface area contributed by atoms with Crippen LogP contribution in [0, 0.1) is 0 Å². The quantitative estimate of drug-likeness (QED) is 0.0153. The maximum atomic E-state index is 13.6. The van der Waals surface area contributed by atoms with Crippen LogP contribution < -0.4 is 20.9 Å². The molecule has 22 nitrogen and oxygen atoms in total. The molecule has 1 fully saturated rings. The van der Waals surface area contributed by atoms with Crippen LogP contribution >= 0.6 is 15.9 Å². The average Bonchev–Trinajstić information content (AvgIpc) is 3.79. The molecule has 0 saturated carbocycles. The number of benzene rings is 4. The smallest absolute Gasteiger partial charge is 0.295 e. The summed E-state index contributed by atoms with van der Waals surface area (Å²) in [5, 5.41) is 67.3. The Balaban J connectivity index is 0.968. The van der Waals surface area contributed by atoms with Crippen LogP contribution in [0.2, 0.25) is 0 Å². The second-order valence-electron chi connectivity index (χ2n) is 15.9. The molecule has 0 aliphatic carbocycles. The molecule has 1 aliphatic rings. The van der Waals surface area contributed by atoms with Gasteiger partial charge in [-0.1, -0.05) is 45.4 Å². The fraction of sp³-hybridized carbons (Fsp3) is 0.409. The molecule has 1 unspecified atom stereocenters. The highest BCUT2D eigenvalue weighted by molar-refractivity contribution is 9.10. The van der Waals surface area contributed by atoms with Gasteiger partial charge in [0.15, 0.2) is 16.9 Å². The third-order valence-corrected chi connectivity index (χ3v) is 12.3. The molecule has 366 valence electrons. The minimum absolute atomic E-state index is 0.00483. The van der Waals surface area contributed by atoms with E-state index < -0.39 is 64.0 Å². The molecule has 7 atom stereocenters. The van der Waals surface area contributed by atoms with Crippen molar-refractivity contribution in [2.75, 3.05) is 63.8 Å². The first-order chi connectivity index (χ1) is 32.5. The van der Waals surface area contributed by atoms with Gasteiger partial charge >= 0.3 is 0 Å². The largest absolute Gasteiger partial charge is 0.394 e. The van der Waals surface area contributed by atoms with E-state index in [1.54, 1.807) is 54.7 Å². The number of aliphatic hydroxyl groups excluding tert-OH is 4. The molecular formula is C44H54BrN9O13S. The fourth-order valence-corrected chi connectivity index (χ4v) is 7.91. The molecule has 1 aliphatic heterocycles. The van der Waals surface area contributed by atoms with Crippen molar-refractivity contribution in [3.8, 4) is 0 Å². The Morgan fingerprint density at radius 3 is 2.25 bits per heavy atom. The minimum Gasteiger partial charge on any atom is -0.394 e. The van der Waals surface area contributed by atoms with E-state index >= 15 is 0 Å². The van der Waals surface area contributed by atoms with Crippen molar-refractivity contribution in [2.24, 2.45) is 10.2 Å². The first kappa shape index (κ1) is 51.9. The maximum Gasteiger partial charge on any atom is 0.295 e. The monoisotopic (exact) mass is 1030 g/mol. The van der Waals surface area contributed by atoms with Gasteiger partial charge in [0.1, 0.15) is 35.0 Å². The number of anilines is 2. The van der Waals surface area contributed by atoms with Crippen LogP contribution in [0.4, 0.5) is 22.7 Å². The maximum absolute atomic E-state index is 13.6. The number of nitrogens with zero attached hydrogens (tertiary/aromatic N) is 6. The van der Waals surface area contributed by atoms with Crippen LogP contribution in [0.3, 0.4) is 0 Å². The van der Waals surface area contributed by atoms with E-state index in [9.17, 15) is 43.0 Å². The van der Waals surface area contributed by atoms with Gasteiger partial charge in [0.2, 0.25) is 5.91 Å². The number of hydrogen-bond acceptors (Lipinski definition) is 18. The van der Waals surface area contributed by atoms with Crippen LogP contribution in [0.1, 0.15) is 23.0 Å². The third-order valence-electron chi connectivity index (χ3n) is 10.6. The number of halogens is 1. The second kappa shape index (κ2) is 23.7. The molecule has 1 aromatic heterocycles. The lowest BCUT2D eigenvalue weighted by atomic mass is 9.99. The molecule has 4 aromatic carbocycles. The topological polar surface area (TPSA) is 301 Å². The highest BCUT2D eigenvalue weighted by atomic mass is 79.9. The molecular weight excluding hydrogens is 975 g/mol. The van der Waals surface area contributed by atoms with E-state index in [0.29, 0.717) is 39.1 Å². The second-order valence-corrected chi connectivity index (χ2v) is 18.9. The first-order valence-corrected chi connectivity index (χ1v) is 23.5. The van der Waals surface area contributed by atoms with Gasteiger partial charge in [-0.15, -0.1) is 5.10 Å². The Bertz CT molecular complexity index is 2600. The van der Waals surface area contributed by atoms with Crippen LogP contribution in [0.25, 0.3) is 10.8 Å². The summed E-state index contributed by atoms with van der Waals surface area (Å²) in [5.41, 5.74) is 3.82. The number of carbonyl (C=O) groups excluding carboxylic acids is 2. The Morgan fingerprint density at radius 2 is 1.57 bits per heavy atom. The molecule has 0 radical (unpaired) electrons. The number of rotatable bonds is 23. The molecule has 0 spiro atoms. The highest BCUT2D eigenvalue weighted by Gasteiger charge is 2.49. The lowest BCUT2D eigenvalue weighted by Gasteiger charge is -2.42. The number of nitrogens with one attached hydrogen (secondary N) is 3. The third kappa shape index (κ3) is 13.6. The van der Waals surface area contributed by atoms with E-state index in [4.69, 9.17) is 18.9 Å². The molecule has 5 aromatic rings. The predicted octanol–water partition coefficient (Wildman–Crippen LogP) is 2.65. The van der Waals surface area contributed by atoms with Crippen molar-refractivity contribution in [2.45, 2.75) is 66.2 Å². The van der Waals surface area contributed by atoms with E-state index in [2.05, 4.69) is 52.4 Å². The molecule has 0 bridgehead atoms. The van der Waals surface area contributed by atoms with Gasteiger partial charge in [-0.2, -0.15) is 18.6 Å². The lowest BCUT2D eigenvalue weighted by molar-refractivity contribution is -0.339. The van der Waals surface area contributed by atoms with E-state index in [0.717, 1.165) is 5.69 Å². The molecule has 8 N–H and O–H groups in total. The van der Waals surface area contributed by atoms with Gasteiger partial charge in [-0.05, 0) is 67.6 Å². The summed E-state index contributed by atoms with van der Waals surface area (Å²) in [6.07, 6.45) is -7.99. The number of ether oxygens (including phenoxy) is 4. The van der Waals surface area contributed by atoms with Crippen molar-refractivity contribution in [1.82, 2.24) is 25.6 Å². The van der Waals surface area contributed by atoms with E-state index in [-0.39, 0.29) is 56.8 Å². The van der Waals surface area contributed by atoms with Gasteiger partial charge in [0.25, 0.3) is 16.0 Å². The summed E-state index contributed by atoms with van der Waals surface area (Å²) < 4.78 is 56.5. The summed E-state index contributed by atoms with van der Waals surface area (Å²) in [4.78, 5) is 28.2. The minimum atomic E-state index is -4.48. The van der Waals surface area contributed by atoms with E-state index in [1.165, 1.54) is 23.7 Å². The number of alkyl halides is 1. The van der Waals surface area contributed by atoms with E-state index in [1.807, 2.05) is 43.3 Å². The predicted molar refractivity (Wildman–Crippen MR) is 251 cm³/mol. The summed E-state index contributed by atoms with van der Waals surface area (Å²) in [7, 11) is -0.567. The average molecular weight is 1030 g/mol. The molecule has 2 amide bonds. The Kier molecular flexibility index (Phi) is 18.1. The van der Waals surface area contributed by atoms with Gasteiger partial charge in [0.05, 0.1) is 57.1 Å². The zero-order valence-electron chi connectivity index (χ0n) is 37.3. The molecule has 68 heavy (non-hydrogen) atoms. The Morgan fingerprint density at radius 1 is 0.897 bits per heavy atom. The van der Waals surface area contributed by atoms with Gasteiger partial charge in [-0.25, -0.2) is 4.68 Å². The number of hydrogen-bond donors (Lipinski definition) is 8. The van der Waals surface area contributed by atoms with Crippen LogP contribution in [0.15, 0.2) is 106 Å². The fourth-order valence-electron chi connectivity index (χ4n) is 6.83. The molecule has 24 heteroatoms. The number of amides is 2. The number of fused-ring (bicyclic) bond motifs is 1. The van der Waals surface area contributed by atoms with Gasteiger partial charge in [-0.3, -0.25) is 14.1 Å². The SMILES string of the molecule is CN(C)c1ccc(N=Nc2ccc(C(=O)NCc3cn(CCOCCO[C@H](O[C@@H]4O[C@H](CO)[C@H](O)[C@H](O)[C@H]4O)C(C)(Br)C(=O)NCCNc4cccc5c(S(=O)(=O)O)cccc45)nn3)cc2)cc1. The van der Waals surface area contributed by atoms with Gasteiger partial charge < -0.3 is 60.2 Å². The van der Waals surface area contributed by atoms with Crippen LogP contribution in [-0.2, 0) is 46.9 Å². The lowest BCUT2D eigenvalue weighted by Crippen LogP contribution is -2.61. The van der Waals surface area contributed by atoms with Crippen molar-refractivity contribution in [3.63, 3.8) is 0 Å². The zero-order chi connectivity index (χ0) is 49.0. The Hall–Kier alpha value is -5.51. The van der Waals surface area contributed by atoms with Crippen molar-refractivity contribution < 1.29 is 61.9 Å². The first-order valence-electron chi connectivity index (χ1n) is 21.3. The van der Waals surface area contributed by atoms with Gasteiger partial charge in [0, 0.05) is 54.9 Å². The summed E-state index contributed by atoms with van der Waals surface area (Å²) >= 11 is 3.39. The molecule has 1 saturated heterocycles. The summed E-state index contributed by atoms with van der Waals surface area (Å²) in [6, 6.07) is 23.7. The van der Waals surface area contributed by atoms with Crippen LogP contribution in [-0.4, -0.2) is 155 Å². The number of aromatic nitrogens is 3. The van der Waals surface area contributed by atoms with Crippen LogP contribution in [0.5, 0.6) is 0 Å². The molecule has 6 rings (SSSR count). The van der Waals surface area contributed by atoms with Crippen molar-refractivity contribution >= 4 is 71.4 Å². The summed E-state index contributed by atoms with van der Waals surface area (Å²) in [5.74, 6) is -0.940. The van der Waals surface area contributed by atoms with Crippen molar-refractivity contribution in [3.05, 3.63) is 102 Å². The zero-order valence-corrected chi connectivity index (χ0v) is 39.7. The standard InChI is InChI=1S/C44H54BrN9O13S/c1-44(45,42(60)47-19-18-46-34-8-4-7-33-32(34)6-5-9-36(33)68(61,62)63)43(67-41-39(58)38(57)37(56)35(26-55)66-41)65-23-22-64-21-20-54-25-30(51-52-54)24-48-40(59)27-10-12-28(13-11-27)49-50-29-14-16-31(17-15-29)53(2)3/h4-17,25,35,37-39,41,43,46,55-58H,18-24,26H2,1-3H3,(H,47,60)(H,48,59)(H,61,62,63)/t35-,37+,38+,39-,41+,43-,44?/m1/s1.